The number of aldehydes is 1. The van der Waals surface area contributed by atoms with Crippen LogP contribution in [-0.2, 0) is 4.79 Å². The number of hydrogen-bond acceptors (Lipinski definition) is 4. The van der Waals surface area contributed by atoms with Crippen molar-refractivity contribution in [3.63, 3.8) is 0 Å². The van der Waals surface area contributed by atoms with Gasteiger partial charge in [0.05, 0.1) is 6.54 Å². The molecular formula is C22H32N2O2. The van der Waals surface area contributed by atoms with E-state index in [-0.39, 0.29) is 5.78 Å². The first kappa shape index (κ1) is 23.7. The fraction of sp³-hybridized carbons (Fsp3) is 0.364. The first-order valence-electron chi connectivity index (χ1n) is 9.05. The highest BCUT2D eigenvalue weighted by Gasteiger charge is 2.04. The second-order valence-corrected chi connectivity index (χ2v) is 5.65. The van der Waals surface area contributed by atoms with Crippen molar-refractivity contribution in [3.05, 3.63) is 71.8 Å². The van der Waals surface area contributed by atoms with Gasteiger partial charge in [-0.15, -0.1) is 0 Å². The molecule has 0 aromatic heterocycles. The van der Waals surface area contributed by atoms with Crippen LogP contribution >= 0.6 is 0 Å². The summed E-state index contributed by atoms with van der Waals surface area (Å²) >= 11 is 0. The second kappa shape index (κ2) is 16.2. The molecule has 0 bridgehead atoms. The van der Waals surface area contributed by atoms with Gasteiger partial charge in [0, 0.05) is 12.0 Å². The largest absolute Gasteiger partial charge is 0.330 e. The fourth-order valence-electron chi connectivity index (χ4n) is 2.15. The number of Topliss-reactive ketones (excluding diaryl/α,β-unsaturated/α-hetero) is 1. The average molecular weight is 357 g/mol. The maximum absolute atomic E-state index is 11.2. The van der Waals surface area contributed by atoms with Gasteiger partial charge < -0.3 is 15.8 Å². The molecule has 1 unspecified atom stereocenters. The molecule has 0 amide bonds. The highest BCUT2D eigenvalue weighted by Crippen LogP contribution is 2.16. The van der Waals surface area contributed by atoms with E-state index in [1.807, 2.05) is 43.3 Å². The molecule has 2 rings (SSSR count). The fourth-order valence-corrected chi connectivity index (χ4v) is 2.15. The van der Waals surface area contributed by atoms with E-state index in [2.05, 4.69) is 36.5 Å². The minimum absolute atomic E-state index is 0.133. The Balaban J connectivity index is 0.000000401. The quantitative estimate of drug-likeness (QED) is 0.584. The lowest BCUT2D eigenvalue weighted by molar-refractivity contribution is -0.107. The van der Waals surface area contributed by atoms with Crippen LogP contribution in [0.5, 0.6) is 0 Å². The Morgan fingerprint density at radius 2 is 1.54 bits per heavy atom. The van der Waals surface area contributed by atoms with Crippen LogP contribution in [0.3, 0.4) is 0 Å². The van der Waals surface area contributed by atoms with Crippen LogP contribution in [0, 0.1) is 0 Å². The number of benzene rings is 2. The highest BCUT2D eigenvalue weighted by molar-refractivity contribution is 5.97. The monoisotopic (exact) mass is 356 g/mol. The Hall–Kier alpha value is -2.30. The molecular weight excluding hydrogens is 324 g/mol. The first-order chi connectivity index (χ1) is 12.6. The summed E-state index contributed by atoms with van der Waals surface area (Å²) in [5, 5.41) is 2.82. The summed E-state index contributed by atoms with van der Waals surface area (Å²) in [6.45, 7) is 5.14. The molecule has 4 nitrogen and oxygen atoms in total. The predicted molar refractivity (Wildman–Crippen MR) is 110 cm³/mol. The molecule has 2 aromatic carbocycles. The van der Waals surface area contributed by atoms with E-state index >= 15 is 0 Å². The SMILES string of the molecule is CCC(CN)c1ccccc1.CCC=O.CNCC(=O)c1ccccc1. The molecule has 0 saturated carbocycles. The zero-order chi connectivity index (χ0) is 19.6. The number of likely N-dealkylation sites (N-methyl/N-ethyl adjacent to an activating group) is 1. The molecule has 0 aliphatic rings. The van der Waals surface area contributed by atoms with Crippen LogP contribution < -0.4 is 11.1 Å². The third-order valence-corrected chi connectivity index (χ3v) is 3.65. The van der Waals surface area contributed by atoms with Crippen molar-refractivity contribution in [2.45, 2.75) is 32.6 Å². The van der Waals surface area contributed by atoms with Gasteiger partial charge in [0.1, 0.15) is 6.29 Å². The van der Waals surface area contributed by atoms with Gasteiger partial charge in [-0.25, -0.2) is 0 Å². The van der Waals surface area contributed by atoms with Crippen molar-refractivity contribution >= 4 is 12.1 Å². The Morgan fingerprint density at radius 1 is 1.04 bits per heavy atom. The second-order valence-electron chi connectivity index (χ2n) is 5.65. The summed E-state index contributed by atoms with van der Waals surface area (Å²) in [6.07, 6.45) is 2.64. The minimum atomic E-state index is 0.133. The van der Waals surface area contributed by atoms with Crippen LogP contribution in [-0.4, -0.2) is 32.2 Å². The molecule has 3 N–H and O–H groups in total. The molecule has 0 aliphatic carbocycles. The molecule has 142 valence electrons. The molecule has 0 spiro atoms. The number of carbonyl (C=O) groups excluding carboxylic acids is 2. The molecule has 1 atom stereocenters. The predicted octanol–water partition coefficient (Wildman–Crippen LogP) is 3.82. The van der Waals surface area contributed by atoms with Gasteiger partial charge in [0.15, 0.2) is 5.78 Å². The molecule has 0 saturated heterocycles. The molecule has 0 heterocycles. The Kier molecular flexibility index (Phi) is 14.8. The average Bonchev–Trinajstić information content (AvgIpc) is 2.71. The van der Waals surface area contributed by atoms with Crippen LogP contribution in [0.15, 0.2) is 60.7 Å². The van der Waals surface area contributed by atoms with Gasteiger partial charge in [0.25, 0.3) is 0 Å². The molecule has 0 aliphatic heterocycles. The molecule has 2 aromatic rings. The third-order valence-electron chi connectivity index (χ3n) is 3.65. The summed E-state index contributed by atoms with van der Waals surface area (Å²) in [5.74, 6) is 0.671. The summed E-state index contributed by atoms with van der Waals surface area (Å²) in [7, 11) is 1.76. The van der Waals surface area contributed by atoms with Gasteiger partial charge in [-0.3, -0.25) is 4.79 Å². The number of ketones is 1. The molecule has 0 fully saturated rings. The van der Waals surface area contributed by atoms with Crippen LogP contribution in [0.25, 0.3) is 0 Å². The van der Waals surface area contributed by atoms with Gasteiger partial charge in [-0.1, -0.05) is 74.5 Å². The molecule has 4 heteroatoms. The van der Waals surface area contributed by atoms with E-state index in [1.54, 1.807) is 7.05 Å². The van der Waals surface area contributed by atoms with Crippen LogP contribution in [0.2, 0.25) is 0 Å². The summed E-state index contributed by atoms with van der Waals surface area (Å²) in [4.78, 5) is 20.4. The Bertz CT molecular complexity index is 582. The maximum Gasteiger partial charge on any atom is 0.176 e. The molecule has 26 heavy (non-hydrogen) atoms. The standard InChI is InChI=1S/C10H15N.C9H11NO.C3H6O/c1-2-9(8-11)10-6-4-3-5-7-10;1-10-7-9(11)8-5-3-2-4-6-8;1-2-3-4/h3-7,9H,2,8,11H2,1H3;2-6,10H,7H2,1H3;3H,2H2,1H3. The zero-order valence-corrected chi connectivity index (χ0v) is 16.2. The Labute approximate surface area is 157 Å². The van der Waals surface area contributed by atoms with E-state index in [1.165, 1.54) is 5.56 Å². The Morgan fingerprint density at radius 3 is 1.92 bits per heavy atom. The summed E-state index contributed by atoms with van der Waals surface area (Å²) in [6, 6.07) is 19.7. The van der Waals surface area contributed by atoms with E-state index in [4.69, 9.17) is 5.73 Å². The number of carbonyl (C=O) groups is 2. The van der Waals surface area contributed by atoms with Gasteiger partial charge in [-0.2, -0.15) is 0 Å². The number of nitrogens with two attached hydrogens (primary N) is 1. The van der Waals surface area contributed by atoms with Gasteiger partial charge in [0.2, 0.25) is 0 Å². The number of nitrogens with one attached hydrogen (secondary N) is 1. The van der Waals surface area contributed by atoms with E-state index < -0.39 is 0 Å². The van der Waals surface area contributed by atoms with Crippen molar-refractivity contribution in [2.24, 2.45) is 5.73 Å². The van der Waals surface area contributed by atoms with Gasteiger partial charge in [-0.05, 0) is 31.5 Å². The lowest BCUT2D eigenvalue weighted by Gasteiger charge is -2.11. The van der Waals surface area contributed by atoms with E-state index in [0.29, 0.717) is 18.9 Å². The smallest absolute Gasteiger partial charge is 0.176 e. The van der Waals surface area contributed by atoms with Crippen molar-refractivity contribution in [2.75, 3.05) is 20.1 Å². The lowest BCUT2D eigenvalue weighted by atomic mass is 9.97. The number of hydrogen-bond donors (Lipinski definition) is 2. The van der Waals surface area contributed by atoms with Crippen LogP contribution in [0.1, 0.15) is 48.5 Å². The van der Waals surface area contributed by atoms with Crippen LogP contribution in [0.4, 0.5) is 0 Å². The first-order valence-corrected chi connectivity index (χ1v) is 9.05. The van der Waals surface area contributed by atoms with Crippen molar-refractivity contribution in [1.82, 2.24) is 5.32 Å². The third kappa shape index (κ3) is 10.5. The van der Waals surface area contributed by atoms with Gasteiger partial charge >= 0.3 is 0 Å². The van der Waals surface area contributed by atoms with E-state index in [9.17, 15) is 9.59 Å². The summed E-state index contributed by atoms with van der Waals surface area (Å²) < 4.78 is 0. The normalized spacial score (nSPS) is 10.5. The van der Waals surface area contributed by atoms with Crippen molar-refractivity contribution in [3.8, 4) is 0 Å². The van der Waals surface area contributed by atoms with Crippen molar-refractivity contribution in [1.29, 1.82) is 0 Å². The highest BCUT2D eigenvalue weighted by atomic mass is 16.1. The lowest BCUT2D eigenvalue weighted by Crippen LogP contribution is -2.18. The molecule has 0 radical (unpaired) electrons. The minimum Gasteiger partial charge on any atom is -0.330 e. The zero-order valence-electron chi connectivity index (χ0n) is 16.2. The topological polar surface area (TPSA) is 72.2 Å². The van der Waals surface area contributed by atoms with Crippen molar-refractivity contribution < 1.29 is 9.59 Å². The number of rotatable bonds is 7. The maximum atomic E-state index is 11.2. The van der Waals surface area contributed by atoms with E-state index in [0.717, 1.165) is 24.8 Å². The summed E-state index contributed by atoms with van der Waals surface area (Å²) in [5.41, 5.74) is 7.74.